The molecule has 0 spiro atoms. The molecule has 0 heterocycles. The maximum absolute atomic E-state index is 12.4. The van der Waals surface area contributed by atoms with Crippen LogP contribution >= 0.6 is 11.6 Å². The van der Waals surface area contributed by atoms with Gasteiger partial charge in [0.05, 0.1) is 4.90 Å². The molecule has 0 saturated heterocycles. The van der Waals surface area contributed by atoms with Crippen molar-refractivity contribution < 1.29 is 13.2 Å². The predicted octanol–water partition coefficient (Wildman–Crippen LogP) is 3.62. The molecular formula is C17H19ClN2O3S. The smallest absolute Gasteiger partial charge is 0.261 e. The normalized spacial score (nSPS) is 11.1. The van der Waals surface area contributed by atoms with Gasteiger partial charge in [0.2, 0.25) is 0 Å². The number of rotatable bonds is 6. The number of halogens is 1. The summed E-state index contributed by atoms with van der Waals surface area (Å²) in [4.78, 5) is 14.0. The highest BCUT2D eigenvalue weighted by molar-refractivity contribution is 7.92. The highest BCUT2D eigenvalue weighted by atomic mass is 35.5. The van der Waals surface area contributed by atoms with Crippen LogP contribution in [0.15, 0.2) is 53.4 Å². The van der Waals surface area contributed by atoms with Crippen LogP contribution in [0.4, 0.5) is 5.69 Å². The number of sulfonamides is 1. The molecule has 0 bridgehead atoms. The molecule has 0 saturated carbocycles. The lowest BCUT2D eigenvalue weighted by Gasteiger charge is -2.18. The van der Waals surface area contributed by atoms with Crippen molar-refractivity contribution in [1.82, 2.24) is 4.90 Å². The summed E-state index contributed by atoms with van der Waals surface area (Å²) in [5.41, 5.74) is 0.881. The van der Waals surface area contributed by atoms with E-state index in [0.717, 1.165) is 0 Å². The fourth-order valence-electron chi connectivity index (χ4n) is 2.20. The molecule has 0 radical (unpaired) electrons. The third-order valence-electron chi connectivity index (χ3n) is 3.56. The van der Waals surface area contributed by atoms with E-state index in [4.69, 9.17) is 11.6 Å². The summed E-state index contributed by atoms with van der Waals surface area (Å²) in [6, 6.07) is 12.3. The van der Waals surface area contributed by atoms with Crippen LogP contribution in [-0.2, 0) is 10.0 Å². The van der Waals surface area contributed by atoms with Crippen molar-refractivity contribution in [2.45, 2.75) is 18.7 Å². The van der Waals surface area contributed by atoms with Crippen molar-refractivity contribution in [3.8, 4) is 0 Å². The zero-order valence-electron chi connectivity index (χ0n) is 13.5. The summed E-state index contributed by atoms with van der Waals surface area (Å²) in [7, 11) is -3.72. The van der Waals surface area contributed by atoms with E-state index in [2.05, 4.69) is 4.72 Å². The minimum Gasteiger partial charge on any atom is -0.339 e. The molecule has 1 amide bonds. The molecule has 0 unspecified atom stereocenters. The molecule has 0 aliphatic heterocycles. The first-order chi connectivity index (χ1) is 11.4. The first-order valence-electron chi connectivity index (χ1n) is 7.55. The number of hydrogen-bond acceptors (Lipinski definition) is 3. The topological polar surface area (TPSA) is 66.5 Å². The van der Waals surface area contributed by atoms with Crippen molar-refractivity contribution in [3.05, 3.63) is 59.1 Å². The van der Waals surface area contributed by atoms with Gasteiger partial charge in [0.1, 0.15) is 0 Å². The van der Waals surface area contributed by atoms with Crippen molar-refractivity contribution >= 4 is 33.2 Å². The molecule has 0 fully saturated rings. The zero-order valence-corrected chi connectivity index (χ0v) is 15.1. The van der Waals surface area contributed by atoms with Gasteiger partial charge in [-0.3, -0.25) is 9.52 Å². The Labute approximate surface area is 147 Å². The molecule has 2 aromatic carbocycles. The molecule has 5 nitrogen and oxygen atoms in total. The van der Waals surface area contributed by atoms with Crippen LogP contribution in [0.25, 0.3) is 0 Å². The average molecular weight is 367 g/mol. The van der Waals surface area contributed by atoms with Crippen LogP contribution in [0, 0.1) is 0 Å². The van der Waals surface area contributed by atoms with Gasteiger partial charge in [-0.2, -0.15) is 0 Å². The standard InChI is InChI=1S/C17H19ClN2O3S/c1-3-20(4-2)17(21)13-5-11-16(12-6-13)24(22,23)19-15-9-7-14(18)8-10-15/h5-12,19H,3-4H2,1-2H3. The van der Waals surface area contributed by atoms with Crippen LogP contribution in [0.5, 0.6) is 0 Å². The third kappa shape index (κ3) is 4.27. The van der Waals surface area contributed by atoms with Gasteiger partial charge in [-0.1, -0.05) is 11.6 Å². The number of amides is 1. The second-order valence-electron chi connectivity index (χ2n) is 5.11. The third-order valence-corrected chi connectivity index (χ3v) is 5.21. The van der Waals surface area contributed by atoms with E-state index >= 15 is 0 Å². The van der Waals surface area contributed by atoms with Gasteiger partial charge in [0, 0.05) is 29.4 Å². The lowest BCUT2D eigenvalue weighted by atomic mass is 10.2. The van der Waals surface area contributed by atoms with Gasteiger partial charge in [-0.05, 0) is 62.4 Å². The highest BCUT2D eigenvalue weighted by Gasteiger charge is 2.17. The highest BCUT2D eigenvalue weighted by Crippen LogP contribution is 2.19. The van der Waals surface area contributed by atoms with Crippen molar-refractivity contribution in [3.63, 3.8) is 0 Å². The summed E-state index contributed by atoms with van der Waals surface area (Å²) in [5.74, 6) is -0.116. The summed E-state index contributed by atoms with van der Waals surface area (Å²) in [6.45, 7) is 5.01. The minimum absolute atomic E-state index is 0.0912. The lowest BCUT2D eigenvalue weighted by molar-refractivity contribution is 0.0773. The Morgan fingerprint density at radius 2 is 1.54 bits per heavy atom. The number of nitrogens with one attached hydrogen (secondary N) is 1. The number of anilines is 1. The second kappa shape index (κ2) is 7.68. The van der Waals surface area contributed by atoms with Gasteiger partial charge in [0.25, 0.3) is 15.9 Å². The summed E-state index contributed by atoms with van der Waals surface area (Å²) >= 11 is 5.78. The lowest BCUT2D eigenvalue weighted by Crippen LogP contribution is -2.30. The van der Waals surface area contributed by atoms with E-state index in [0.29, 0.717) is 29.4 Å². The molecule has 0 aliphatic rings. The van der Waals surface area contributed by atoms with E-state index in [1.54, 1.807) is 29.2 Å². The van der Waals surface area contributed by atoms with Crippen LogP contribution < -0.4 is 4.72 Å². The Bertz CT molecular complexity index is 799. The number of carbonyl (C=O) groups is 1. The van der Waals surface area contributed by atoms with Crippen molar-refractivity contribution in [2.24, 2.45) is 0 Å². The molecular weight excluding hydrogens is 348 g/mol. The molecule has 24 heavy (non-hydrogen) atoms. The summed E-state index contributed by atoms with van der Waals surface area (Å²) in [5, 5.41) is 0.525. The predicted molar refractivity (Wildman–Crippen MR) is 96.0 cm³/mol. The number of hydrogen-bond donors (Lipinski definition) is 1. The van der Waals surface area contributed by atoms with Crippen LogP contribution in [0.1, 0.15) is 24.2 Å². The van der Waals surface area contributed by atoms with E-state index in [1.165, 1.54) is 24.3 Å². The van der Waals surface area contributed by atoms with E-state index < -0.39 is 10.0 Å². The van der Waals surface area contributed by atoms with Crippen LogP contribution in [0.3, 0.4) is 0 Å². The molecule has 2 aromatic rings. The first-order valence-corrected chi connectivity index (χ1v) is 9.41. The van der Waals surface area contributed by atoms with E-state index in [1.807, 2.05) is 13.8 Å². The molecule has 2 rings (SSSR count). The minimum atomic E-state index is -3.72. The average Bonchev–Trinajstić information content (AvgIpc) is 2.58. The largest absolute Gasteiger partial charge is 0.339 e. The van der Waals surface area contributed by atoms with Gasteiger partial charge in [-0.25, -0.2) is 8.42 Å². The Kier molecular flexibility index (Phi) is 5.85. The second-order valence-corrected chi connectivity index (χ2v) is 7.23. The van der Waals surface area contributed by atoms with Crippen molar-refractivity contribution in [2.75, 3.05) is 17.8 Å². The maximum atomic E-state index is 12.4. The van der Waals surface area contributed by atoms with Crippen LogP contribution in [-0.4, -0.2) is 32.3 Å². The molecule has 0 aliphatic carbocycles. The Hall–Kier alpha value is -2.05. The van der Waals surface area contributed by atoms with Gasteiger partial charge in [0.15, 0.2) is 0 Å². The fourth-order valence-corrected chi connectivity index (χ4v) is 3.39. The molecule has 0 atom stereocenters. The molecule has 128 valence electrons. The van der Waals surface area contributed by atoms with Crippen molar-refractivity contribution in [1.29, 1.82) is 0 Å². The molecule has 1 N–H and O–H groups in total. The summed E-state index contributed by atoms with van der Waals surface area (Å²) < 4.78 is 27.2. The SMILES string of the molecule is CCN(CC)C(=O)c1ccc(S(=O)(=O)Nc2ccc(Cl)cc2)cc1. The van der Waals surface area contributed by atoms with Gasteiger partial charge in [-0.15, -0.1) is 0 Å². The Balaban J connectivity index is 2.19. The van der Waals surface area contributed by atoms with Crippen LogP contribution in [0.2, 0.25) is 5.02 Å². The maximum Gasteiger partial charge on any atom is 0.261 e. The van der Waals surface area contributed by atoms with Gasteiger partial charge >= 0.3 is 0 Å². The number of benzene rings is 2. The Morgan fingerprint density at radius 3 is 2.04 bits per heavy atom. The first kappa shape index (κ1) is 18.3. The quantitative estimate of drug-likeness (QED) is 0.849. The fraction of sp³-hybridized carbons (Fsp3) is 0.235. The zero-order chi connectivity index (χ0) is 17.7. The van der Waals surface area contributed by atoms with Gasteiger partial charge < -0.3 is 4.90 Å². The van der Waals surface area contributed by atoms with E-state index in [9.17, 15) is 13.2 Å². The Morgan fingerprint density at radius 1 is 1.00 bits per heavy atom. The molecule has 0 aromatic heterocycles. The number of carbonyl (C=O) groups excluding carboxylic acids is 1. The molecule has 7 heteroatoms. The number of nitrogens with zero attached hydrogens (tertiary/aromatic N) is 1. The summed E-state index contributed by atoms with van der Waals surface area (Å²) in [6.07, 6.45) is 0. The van der Waals surface area contributed by atoms with E-state index in [-0.39, 0.29) is 10.8 Å². The monoisotopic (exact) mass is 366 g/mol.